The highest BCUT2D eigenvalue weighted by Gasteiger charge is 2.28. The number of carboxylic acids is 1. The second-order valence-electron chi connectivity index (χ2n) is 7.13. The zero-order valence-corrected chi connectivity index (χ0v) is 17.7. The third kappa shape index (κ3) is 4.71. The standard InChI is InChI=1S/C20H23N5O4S/c1-4-14-5-9-16(10-6-14)25-22-19(21-24-25)15-7-11-17(12-8-15)30(28,29)23-18(13(2)3)20(26)27/h5-13,18,23H,4H2,1-3H3,(H,26,27). The van der Waals surface area contributed by atoms with Crippen molar-refractivity contribution in [3.63, 3.8) is 0 Å². The minimum Gasteiger partial charge on any atom is -0.480 e. The number of nitrogens with zero attached hydrogens (tertiary/aromatic N) is 4. The molecule has 0 aliphatic carbocycles. The van der Waals surface area contributed by atoms with Crippen LogP contribution in [0.2, 0.25) is 0 Å². The summed E-state index contributed by atoms with van der Waals surface area (Å²) >= 11 is 0. The second kappa shape index (κ2) is 8.72. The number of tetrazole rings is 1. The number of hydrogen-bond donors (Lipinski definition) is 2. The summed E-state index contributed by atoms with van der Waals surface area (Å²) in [6.45, 7) is 5.34. The maximum atomic E-state index is 12.5. The Morgan fingerprint density at radius 3 is 2.27 bits per heavy atom. The Labute approximate surface area is 174 Å². The summed E-state index contributed by atoms with van der Waals surface area (Å²) in [6.07, 6.45) is 0.935. The van der Waals surface area contributed by atoms with E-state index in [0.717, 1.165) is 12.1 Å². The van der Waals surface area contributed by atoms with Crippen LogP contribution in [-0.4, -0.2) is 45.7 Å². The molecule has 158 valence electrons. The second-order valence-corrected chi connectivity index (χ2v) is 8.84. The van der Waals surface area contributed by atoms with Crippen molar-refractivity contribution in [2.24, 2.45) is 5.92 Å². The van der Waals surface area contributed by atoms with Crippen LogP contribution >= 0.6 is 0 Å². The van der Waals surface area contributed by atoms with Gasteiger partial charge in [-0.05, 0) is 59.5 Å². The summed E-state index contributed by atoms with van der Waals surface area (Å²) in [5.74, 6) is -1.28. The number of nitrogens with one attached hydrogen (secondary N) is 1. The summed E-state index contributed by atoms with van der Waals surface area (Å²) in [6, 6.07) is 12.5. The Morgan fingerprint density at radius 1 is 1.10 bits per heavy atom. The van der Waals surface area contributed by atoms with Gasteiger partial charge in [-0.25, -0.2) is 8.42 Å². The Kier molecular flexibility index (Phi) is 6.28. The van der Waals surface area contributed by atoms with E-state index in [9.17, 15) is 18.3 Å². The number of hydrogen-bond acceptors (Lipinski definition) is 6. The molecule has 0 aliphatic rings. The fraction of sp³-hybridized carbons (Fsp3) is 0.300. The number of aromatic nitrogens is 4. The van der Waals surface area contributed by atoms with Crippen LogP contribution in [-0.2, 0) is 21.2 Å². The lowest BCUT2D eigenvalue weighted by atomic mass is 10.1. The molecule has 1 atom stereocenters. The van der Waals surface area contributed by atoms with Crippen LogP contribution in [0, 0.1) is 5.92 Å². The van der Waals surface area contributed by atoms with Crippen molar-refractivity contribution in [2.75, 3.05) is 0 Å². The van der Waals surface area contributed by atoms with E-state index < -0.39 is 28.0 Å². The molecule has 2 aromatic carbocycles. The van der Waals surface area contributed by atoms with Gasteiger partial charge in [0, 0.05) is 5.56 Å². The van der Waals surface area contributed by atoms with Crippen LogP contribution in [0.5, 0.6) is 0 Å². The molecule has 0 saturated carbocycles. The third-order valence-corrected chi connectivity index (χ3v) is 6.08. The zero-order chi connectivity index (χ0) is 21.9. The molecule has 2 N–H and O–H groups in total. The predicted octanol–water partition coefficient (Wildman–Crippen LogP) is 2.28. The lowest BCUT2D eigenvalue weighted by Gasteiger charge is -2.18. The van der Waals surface area contributed by atoms with Gasteiger partial charge >= 0.3 is 5.97 Å². The fourth-order valence-corrected chi connectivity index (χ4v) is 4.13. The number of rotatable bonds is 8. The lowest BCUT2D eigenvalue weighted by Crippen LogP contribution is -2.44. The van der Waals surface area contributed by atoms with Gasteiger partial charge < -0.3 is 5.11 Å². The Bertz CT molecular complexity index is 1120. The molecule has 3 aromatic rings. The summed E-state index contributed by atoms with van der Waals surface area (Å²) in [4.78, 5) is 12.7. The molecule has 0 radical (unpaired) electrons. The third-order valence-electron chi connectivity index (χ3n) is 4.63. The largest absolute Gasteiger partial charge is 0.480 e. The fourth-order valence-electron chi connectivity index (χ4n) is 2.79. The van der Waals surface area contributed by atoms with Crippen molar-refractivity contribution in [1.82, 2.24) is 24.9 Å². The van der Waals surface area contributed by atoms with Crippen molar-refractivity contribution in [2.45, 2.75) is 38.1 Å². The SMILES string of the molecule is CCc1ccc(-n2nnc(-c3ccc(S(=O)(=O)NC(C(=O)O)C(C)C)cc3)n2)cc1. The van der Waals surface area contributed by atoms with Gasteiger partial charge in [0.1, 0.15) is 6.04 Å². The quantitative estimate of drug-likeness (QED) is 0.562. The van der Waals surface area contributed by atoms with E-state index >= 15 is 0 Å². The van der Waals surface area contributed by atoms with Gasteiger partial charge in [0.05, 0.1) is 10.6 Å². The van der Waals surface area contributed by atoms with Gasteiger partial charge in [-0.3, -0.25) is 4.79 Å². The van der Waals surface area contributed by atoms with Crippen LogP contribution in [0.3, 0.4) is 0 Å². The first kappa shape index (κ1) is 21.6. The number of benzene rings is 2. The highest BCUT2D eigenvalue weighted by Crippen LogP contribution is 2.19. The first-order valence-electron chi connectivity index (χ1n) is 9.46. The molecule has 0 aliphatic heterocycles. The molecule has 9 nitrogen and oxygen atoms in total. The summed E-state index contributed by atoms with van der Waals surface area (Å²) in [7, 11) is -3.99. The summed E-state index contributed by atoms with van der Waals surface area (Å²) < 4.78 is 27.3. The molecule has 0 spiro atoms. The minimum atomic E-state index is -3.99. The van der Waals surface area contributed by atoms with Crippen LogP contribution in [0.1, 0.15) is 26.3 Å². The van der Waals surface area contributed by atoms with E-state index in [2.05, 4.69) is 27.1 Å². The van der Waals surface area contributed by atoms with Crippen molar-refractivity contribution in [3.8, 4) is 17.1 Å². The molecular formula is C20H23N5O4S. The van der Waals surface area contributed by atoms with E-state index in [1.807, 2.05) is 24.3 Å². The molecule has 1 unspecified atom stereocenters. The van der Waals surface area contributed by atoms with Gasteiger partial charge in [0.2, 0.25) is 15.8 Å². The molecule has 10 heteroatoms. The predicted molar refractivity (Wildman–Crippen MR) is 111 cm³/mol. The zero-order valence-electron chi connectivity index (χ0n) is 16.8. The van der Waals surface area contributed by atoms with E-state index in [4.69, 9.17) is 0 Å². The van der Waals surface area contributed by atoms with Crippen molar-refractivity contribution >= 4 is 16.0 Å². The molecule has 1 heterocycles. The molecule has 0 fully saturated rings. The molecule has 30 heavy (non-hydrogen) atoms. The van der Waals surface area contributed by atoms with E-state index in [1.54, 1.807) is 26.0 Å². The van der Waals surface area contributed by atoms with E-state index in [0.29, 0.717) is 11.4 Å². The van der Waals surface area contributed by atoms with Crippen molar-refractivity contribution in [1.29, 1.82) is 0 Å². The van der Waals surface area contributed by atoms with Crippen molar-refractivity contribution < 1.29 is 18.3 Å². The lowest BCUT2D eigenvalue weighted by molar-refractivity contribution is -0.140. The molecule has 0 saturated heterocycles. The molecule has 3 rings (SSSR count). The van der Waals surface area contributed by atoms with Gasteiger partial charge in [0.15, 0.2) is 0 Å². The van der Waals surface area contributed by atoms with E-state index in [1.165, 1.54) is 22.5 Å². The molecular weight excluding hydrogens is 406 g/mol. The van der Waals surface area contributed by atoms with Gasteiger partial charge in [-0.15, -0.1) is 15.0 Å². The van der Waals surface area contributed by atoms with Gasteiger partial charge in [0.25, 0.3) is 0 Å². The highest BCUT2D eigenvalue weighted by molar-refractivity contribution is 7.89. The Hall–Kier alpha value is -3.11. The summed E-state index contributed by atoms with van der Waals surface area (Å²) in [5.41, 5.74) is 2.55. The van der Waals surface area contributed by atoms with Crippen LogP contribution in [0.15, 0.2) is 53.4 Å². The minimum absolute atomic E-state index is 0.0410. The number of sulfonamides is 1. The molecule has 0 bridgehead atoms. The van der Waals surface area contributed by atoms with Crippen LogP contribution < -0.4 is 4.72 Å². The molecule has 0 amide bonds. The smallest absolute Gasteiger partial charge is 0.322 e. The monoisotopic (exact) mass is 429 g/mol. The number of aliphatic carboxylic acids is 1. The normalized spacial score (nSPS) is 12.8. The summed E-state index contributed by atoms with van der Waals surface area (Å²) in [5, 5.41) is 21.6. The maximum Gasteiger partial charge on any atom is 0.322 e. The first-order chi connectivity index (χ1) is 14.2. The molecule has 1 aromatic heterocycles. The topological polar surface area (TPSA) is 127 Å². The highest BCUT2D eigenvalue weighted by atomic mass is 32.2. The average molecular weight is 430 g/mol. The Morgan fingerprint density at radius 2 is 1.73 bits per heavy atom. The maximum absolute atomic E-state index is 12.5. The van der Waals surface area contributed by atoms with Gasteiger partial charge in [-0.1, -0.05) is 32.9 Å². The van der Waals surface area contributed by atoms with Crippen LogP contribution in [0.4, 0.5) is 0 Å². The average Bonchev–Trinajstić information content (AvgIpc) is 3.22. The number of aryl methyl sites for hydroxylation is 1. The number of carboxylic acid groups (broad SMARTS) is 1. The van der Waals surface area contributed by atoms with Crippen LogP contribution in [0.25, 0.3) is 17.1 Å². The first-order valence-corrected chi connectivity index (χ1v) is 10.9. The Balaban J connectivity index is 1.80. The van der Waals surface area contributed by atoms with Crippen molar-refractivity contribution in [3.05, 3.63) is 54.1 Å². The van der Waals surface area contributed by atoms with E-state index in [-0.39, 0.29) is 4.90 Å². The van der Waals surface area contributed by atoms with Gasteiger partial charge in [-0.2, -0.15) is 4.72 Å². The number of carbonyl (C=O) groups is 1.